The van der Waals surface area contributed by atoms with Gasteiger partial charge in [-0.3, -0.25) is 0 Å². The van der Waals surface area contributed by atoms with E-state index < -0.39 is 0 Å². The zero-order valence-corrected chi connectivity index (χ0v) is 10.8. The second kappa shape index (κ2) is 5.65. The maximum Gasteiger partial charge on any atom is 0.0914 e. The van der Waals surface area contributed by atoms with Crippen LogP contribution in [0, 0.1) is 11.8 Å². The minimum absolute atomic E-state index is 0.390. The van der Waals surface area contributed by atoms with Gasteiger partial charge in [-0.25, -0.2) is 0 Å². The van der Waals surface area contributed by atoms with Gasteiger partial charge >= 0.3 is 0 Å². The molecule has 1 aromatic carbocycles. The zero-order valence-electron chi connectivity index (χ0n) is 10.8. The number of aliphatic hydroxyl groups is 1. The number of aliphatic hydroxyl groups excluding tert-OH is 1. The molecule has 2 N–H and O–H groups in total. The Morgan fingerprint density at radius 3 is 2.53 bits per heavy atom. The van der Waals surface area contributed by atoms with Crippen molar-refractivity contribution < 1.29 is 5.11 Å². The summed E-state index contributed by atoms with van der Waals surface area (Å²) in [4.78, 5) is 0. The monoisotopic (exact) mass is 233 g/mol. The average molecular weight is 233 g/mol. The fraction of sp³-hybridized carbons (Fsp3) is 0.600. The van der Waals surface area contributed by atoms with Crippen molar-refractivity contribution in [1.82, 2.24) is 5.32 Å². The lowest BCUT2D eigenvalue weighted by Crippen LogP contribution is -2.35. The van der Waals surface area contributed by atoms with Crippen LogP contribution >= 0.6 is 0 Å². The zero-order chi connectivity index (χ0) is 12.3. The quantitative estimate of drug-likeness (QED) is 0.838. The van der Waals surface area contributed by atoms with Crippen molar-refractivity contribution in [3.05, 3.63) is 35.9 Å². The molecular formula is C15H23NO. The molecular weight excluding hydrogens is 210 g/mol. The predicted octanol–water partition coefficient (Wildman–Crippen LogP) is 2.74. The summed E-state index contributed by atoms with van der Waals surface area (Å²) in [5.74, 6) is 1.53. The SMILES string of the molecule is CC1CCC(NCC(O)c2ccccc2)C1C. The molecule has 0 radical (unpaired) electrons. The fourth-order valence-electron chi connectivity index (χ4n) is 2.71. The minimum Gasteiger partial charge on any atom is -0.387 e. The molecule has 0 saturated heterocycles. The molecule has 2 rings (SSSR count). The van der Waals surface area contributed by atoms with Crippen LogP contribution in [-0.4, -0.2) is 17.7 Å². The topological polar surface area (TPSA) is 32.3 Å². The lowest BCUT2D eigenvalue weighted by atomic mass is 9.97. The van der Waals surface area contributed by atoms with E-state index in [0.717, 1.165) is 17.4 Å². The molecule has 1 saturated carbocycles. The molecule has 4 unspecified atom stereocenters. The average Bonchev–Trinajstić information content (AvgIpc) is 2.68. The van der Waals surface area contributed by atoms with E-state index in [4.69, 9.17) is 0 Å². The van der Waals surface area contributed by atoms with Crippen molar-refractivity contribution in [2.24, 2.45) is 11.8 Å². The van der Waals surface area contributed by atoms with E-state index in [-0.39, 0.29) is 6.10 Å². The van der Waals surface area contributed by atoms with E-state index in [0.29, 0.717) is 12.6 Å². The Labute approximate surface area is 104 Å². The molecule has 0 bridgehead atoms. The van der Waals surface area contributed by atoms with Crippen LogP contribution in [0.2, 0.25) is 0 Å². The maximum atomic E-state index is 10.1. The Morgan fingerprint density at radius 1 is 1.24 bits per heavy atom. The van der Waals surface area contributed by atoms with E-state index in [1.54, 1.807) is 0 Å². The number of hydrogen-bond donors (Lipinski definition) is 2. The molecule has 1 fully saturated rings. The summed E-state index contributed by atoms with van der Waals surface area (Å²) in [5.41, 5.74) is 0.999. The highest BCUT2D eigenvalue weighted by molar-refractivity contribution is 5.17. The summed E-state index contributed by atoms with van der Waals surface area (Å²) in [6, 6.07) is 10.4. The van der Waals surface area contributed by atoms with Crippen molar-refractivity contribution in [2.45, 2.75) is 38.8 Å². The van der Waals surface area contributed by atoms with Gasteiger partial charge in [0.2, 0.25) is 0 Å². The molecule has 4 atom stereocenters. The first-order chi connectivity index (χ1) is 8.18. The lowest BCUT2D eigenvalue weighted by molar-refractivity contribution is 0.165. The summed E-state index contributed by atoms with van der Waals surface area (Å²) in [7, 11) is 0. The number of rotatable bonds is 4. The number of nitrogens with one attached hydrogen (secondary N) is 1. The Hall–Kier alpha value is -0.860. The first-order valence-electron chi connectivity index (χ1n) is 6.65. The van der Waals surface area contributed by atoms with Gasteiger partial charge < -0.3 is 10.4 Å². The summed E-state index contributed by atoms with van der Waals surface area (Å²) < 4.78 is 0. The molecule has 94 valence electrons. The molecule has 17 heavy (non-hydrogen) atoms. The van der Waals surface area contributed by atoms with Gasteiger partial charge in [-0.15, -0.1) is 0 Å². The molecule has 0 amide bonds. The van der Waals surface area contributed by atoms with Crippen LogP contribution in [0.5, 0.6) is 0 Å². The highest BCUT2D eigenvalue weighted by atomic mass is 16.3. The smallest absolute Gasteiger partial charge is 0.0914 e. The summed E-state index contributed by atoms with van der Waals surface area (Å²) in [6.45, 7) is 5.29. The van der Waals surface area contributed by atoms with Gasteiger partial charge in [-0.2, -0.15) is 0 Å². The van der Waals surface area contributed by atoms with Crippen molar-refractivity contribution >= 4 is 0 Å². The van der Waals surface area contributed by atoms with Crippen LogP contribution < -0.4 is 5.32 Å². The van der Waals surface area contributed by atoms with Crippen molar-refractivity contribution in [3.8, 4) is 0 Å². The molecule has 0 aromatic heterocycles. The van der Waals surface area contributed by atoms with Crippen LogP contribution in [0.1, 0.15) is 38.4 Å². The van der Waals surface area contributed by atoms with Crippen LogP contribution in [-0.2, 0) is 0 Å². The van der Waals surface area contributed by atoms with E-state index in [2.05, 4.69) is 19.2 Å². The Bertz CT molecular complexity index is 338. The molecule has 2 heteroatoms. The first-order valence-corrected chi connectivity index (χ1v) is 6.65. The predicted molar refractivity (Wildman–Crippen MR) is 70.8 cm³/mol. The molecule has 1 aliphatic rings. The second-order valence-corrected chi connectivity index (χ2v) is 5.35. The normalized spacial score (nSPS) is 30.4. The Kier molecular flexibility index (Phi) is 4.19. The summed E-state index contributed by atoms with van der Waals surface area (Å²) >= 11 is 0. The molecule has 0 aliphatic heterocycles. The first kappa shape index (κ1) is 12.6. The van der Waals surface area contributed by atoms with E-state index in [1.807, 2.05) is 30.3 Å². The van der Waals surface area contributed by atoms with E-state index >= 15 is 0 Å². The van der Waals surface area contributed by atoms with Gasteiger partial charge in [-0.1, -0.05) is 44.2 Å². The second-order valence-electron chi connectivity index (χ2n) is 5.35. The van der Waals surface area contributed by atoms with Crippen LogP contribution in [0.15, 0.2) is 30.3 Å². The fourth-order valence-corrected chi connectivity index (χ4v) is 2.71. The largest absolute Gasteiger partial charge is 0.387 e. The van der Waals surface area contributed by atoms with Crippen LogP contribution in [0.3, 0.4) is 0 Å². The maximum absolute atomic E-state index is 10.1. The third-order valence-corrected chi connectivity index (χ3v) is 4.22. The van der Waals surface area contributed by atoms with Crippen molar-refractivity contribution in [2.75, 3.05) is 6.54 Å². The van der Waals surface area contributed by atoms with Crippen LogP contribution in [0.25, 0.3) is 0 Å². The summed E-state index contributed by atoms with van der Waals surface area (Å²) in [6.07, 6.45) is 2.16. The Balaban J connectivity index is 1.83. The van der Waals surface area contributed by atoms with Gasteiger partial charge in [0.05, 0.1) is 6.10 Å². The van der Waals surface area contributed by atoms with Gasteiger partial charge in [0.1, 0.15) is 0 Å². The molecule has 0 heterocycles. The van der Waals surface area contributed by atoms with E-state index in [1.165, 1.54) is 12.8 Å². The molecule has 1 aromatic rings. The Morgan fingerprint density at radius 2 is 1.94 bits per heavy atom. The molecule has 2 nitrogen and oxygen atoms in total. The van der Waals surface area contributed by atoms with Gasteiger partial charge in [0, 0.05) is 12.6 Å². The third-order valence-electron chi connectivity index (χ3n) is 4.22. The minimum atomic E-state index is -0.390. The summed E-state index contributed by atoms with van der Waals surface area (Å²) in [5, 5.41) is 13.6. The van der Waals surface area contributed by atoms with Gasteiger partial charge in [-0.05, 0) is 30.2 Å². The van der Waals surface area contributed by atoms with Crippen molar-refractivity contribution in [1.29, 1.82) is 0 Å². The third kappa shape index (κ3) is 3.08. The number of benzene rings is 1. The highest BCUT2D eigenvalue weighted by Crippen LogP contribution is 2.31. The standard InChI is InChI=1S/C15H23NO/c1-11-8-9-14(12(11)2)16-10-15(17)13-6-4-3-5-7-13/h3-7,11-12,14-17H,8-10H2,1-2H3. The van der Waals surface area contributed by atoms with Gasteiger partial charge in [0.15, 0.2) is 0 Å². The highest BCUT2D eigenvalue weighted by Gasteiger charge is 2.29. The molecule has 0 spiro atoms. The van der Waals surface area contributed by atoms with Crippen molar-refractivity contribution in [3.63, 3.8) is 0 Å². The van der Waals surface area contributed by atoms with Gasteiger partial charge in [0.25, 0.3) is 0 Å². The molecule has 1 aliphatic carbocycles. The number of hydrogen-bond acceptors (Lipinski definition) is 2. The van der Waals surface area contributed by atoms with Crippen LogP contribution in [0.4, 0.5) is 0 Å². The van der Waals surface area contributed by atoms with E-state index in [9.17, 15) is 5.11 Å². The lowest BCUT2D eigenvalue weighted by Gasteiger charge is -2.21.